The lowest BCUT2D eigenvalue weighted by molar-refractivity contribution is -0.291. The molecule has 1 aromatic rings. The van der Waals surface area contributed by atoms with Crippen LogP contribution in [0.2, 0.25) is 0 Å². The molecule has 0 aliphatic carbocycles. The van der Waals surface area contributed by atoms with Crippen LogP contribution < -0.4 is 4.74 Å². The number of alkyl halides is 5. The predicted molar refractivity (Wildman–Crippen MR) is 39.8 cm³/mol. The van der Waals surface area contributed by atoms with Gasteiger partial charge in [-0.25, -0.2) is 4.68 Å². The van der Waals surface area contributed by atoms with Gasteiger partial charge in [-0.3, -0.25) is 4.79 Å². The Kier molecular flexibility index (Phi) is 2.89. The number of nitrogens with zero attached hydrogens (tertiary/aromatic N) is 2. The first-order valence-electron chi connectivity index (χ1n) is 3.79. The van der Waals surface area contributed by atoms with E-state index in [2.05, 4.69) is 9.84 Å². The van der Waals surface area contributed by atoms with Crippen molar-refractivity contribution in [3.05, 3.63) is 11.8 Å². The summed E-state index contributed by atoms with van der Waals surface area (Å²) in [6.07, 6.45) is -5.75. The summed E-state index contributed by atoms with van der Waals surface area (Å²) >= 11 is 0. The van der Waals surface area contributed by atoms with E-state index >= 15 is 0 Å². The number of carbonyl (C=O) groups is 1. The molecule has 0 radical (unpaired) electrons. The molecule has 0 saturated carbocycles. The molecule has 0 aromatic carbocycles. The summed E-state index contributed by atoms with van der Waals surface area (Å²) in [5.74, 6) is -5.59. The van der Waals surface area contributed by atoms with Gasteiger partial charge in [0.05, 0.1) is 0 Å². The van der Waals surface area contributed by atoms with Crippen molar-refractivity contribution in [2.75, 3.05) is 0 Å². The largest absolute Gasteiger partial charge is 0.459 e. The molecule has 1 rings (SSSR count). The fraction of sp³-hybridized carbons (Fsp3) is 0.429. The molecule has 4 nitrogen and oxygen atoms in total. The molecule has 0 atom stereocenters. The molecule has 0 N–H and O–H groups in total. The first kappa shape index (κ1) is 12.4. The van der Waals surface area contributed by atoms with E-state index in [1.54, 1.807) is 0 Å². The van der Waals surface area contributed by atoms with Gasteiger partial charge in [0, 0.05) is 13.1 Å². The molecule has 16 heavy (non-hydrogen) atoms. The number of halogens is 5. The molecule has 9 heteroatoms. The number of aromatic nitrogens is 2. The van der Waals surface area contributed by atoms with E-state index < -0.39 is 23.7 Å². The highest BCUT2D eigenvalue weighted by Gasteiger charge is 2.60. The van der Waals surface area contributed by atoms with Gasteiger partial charge in [-0.1, -0.05) is 0 Å². The fourth-order valence-corrected chi connectivity index (χ4v) is 0.908. The molecule has 0 saturated heterocycles. The van der Waals surface area contributed by atoms with E-state index in [9.17, 15) is 26.7 Å². The highest BCUT2D eigenvalue weighted by atomic mass is 19.4. The van der Waals surface area contributed by atoms with Crippen LogP contribution >= 0.6 is 0 Å². The minimum absolute atomic E-state index is 0.105. The number of ether oxygens (including phenoxy) is 1. The van der Waals surface area contributed by atoms with Crippen molar-refractivity contribution in [2.45, 2.75) is 12.1 Å². The summed E-state index contributed by atoms with van der Waals surface area (Å²) in [4.78, 5) is 9.91. The summed E-state index contributed by atoms with van der Waals surface area (Å²) < 4.78 is 66.1. The van der Waals surface area contributed by atoms with Crippen LogP contribution in [0.25, 0.3) is 0 Å². The molecule has 0 fully saturated rings. The lowest BCUT2D eigenvalue weighted by Gasteiger charge is -2.16. The Morgan fingerprint density at radius 2 is 1.94 bits per heavy atom. The average Bonchev–Trinajstić information content (AvgIpc) is 2.47. The number of hydrogen-bond acceptors (Lipinski definition) is 3. The van der Waals surface area contributed by atoms with Crippen LogP contribution in [0.5, 0.6) is 5.88 Å². The lowest BCUT2D eigenvalue weighted by atomic mass is 10.2. The predicted octanol–water partition coefficient (Wildman–Crippen LogP) is 1.61. The zero-order valence-corrected chi connectivity index (χ0v) is 7.76. The molecule has 0 amide bonds. The van der Waals surface area contributed by atoms with Gasteiger partial charge in [0.2, 0.25) is 5.88 Å². The maximum atomic E-state index is 12.8. The van der Waals surface area contributed by atoms with Crippen molar-refractivity contribution in [3.63, 3.8) is 0 Å². The number of aryl methyl sites for hydroxylation is 1. The van der Waals surface area contributed by atoms with Gasteiger partial charge in [-0.15, -0.1) is 0 Å². The Hall–Kier alpha value is -1.67. The minimum atomic E-state index is -5.75. The summed E-state index contributed by atoms with van der Waals surface area (Å²) in [6, 6.07) is 0.349. The SMILES string of the molecule is Cn1nc(C(F)(F)C(F)(F)F)cc1OC=O. The van der Waals surface area contributed by atoms with Crippen LogP contribution in [0.4, 0.5) is 22.0 Å². The summed E-state index contributed by atoms with van der Waals surface area (Å²) in [7, 11) is 1.06. The normalized spacial score (nSPS) is 12.6. The fourth-order valence-electron chi connectivity index (χ4n) is 0.908. The van der Waals surface area contributed by atoms with Crippen LogP contribution in [0, 0.1) is 0 Å². The first-order chi connectivity index (χ1) is 7.20. The Balaban J connectivity index is 3.14. The zero-order chi connectivity index (χ0) is 12.6. The van der Waals surface area contributed by atoms with Gasteiger partial charge in [0.1, 0.15) is 5.69 Å². The Morgan fingerprint density at radius 1 is 1.38 bits per heavy atom. The quantitative estimate of drug-likeness (QED) is 0.599. The number of hydrogen-bond donors (Lipinski definition) is 0. The van der Waals surface area contributed by atoms with Crippen molar-refractivity contribution >= 4 is 6.47 Å². The summed E-state index contributed by atoms with van der Waals surface area (Å²) in [5, 5.41) is 2.93. The monoisotopic (exact) mass is 244 g/mol. The van der Waals surface area contributed by atoms with Gasteiger partial charge < -0.3 is 4.74 Å². The molecular formula is C7H5F5N2O2. The second kappa shape index (κ2) is 3.72. The van der Waals surface area contributed by atoms with E-state index in [-0.39, 0.29) is 6.47 Å². The molecule has 1 aromatic heterocycles. The molecule has 0 unspecified atom stereocenters. The molecule has 0 bridgehead atoms. The third-order valence-electron chi connectivity index (χ3n) is 1.68. The highest BCUT2D eigenvalue weighted by molar-refractivity contribution is 5.43. The van der Waals surface area contributed by atoms with Crippen LogP contribution in [0.3, 0.4) is 0 Å². The van der Waals surface area contributed by atoms with Crippen molar-refractivity contribution in [3.8, 4) is 5.88 Å². The van der Waals surface area contributed by atoms with Gasteiger partial charge in [-0.2, -0.15) is 27.1 Å². The zero-order valence-electron chi connectivity index (χ0n) is 7.76. The lowest BCUT2D eigenvalue weighted by Crippen LogP contribution is -2.34. The van der Waals surface area contributed by atoms with Crippen molar-refractivity contribution in [1.82, 2.24) is 9.78 Å². The van der Waals surface area contributed by atoms with E-state index in [1.807, 2.05) is 0 Å². The molecule has 0 spiro atoms. The maximum Gasteiger partial charge on any atom is 0.459 e. The van der Waals surface area contributed by atoms with Gasteiger partial charge >= 0.3 is 12.1 Å². The number of carbonyl (C=O) groups excluding carboxylic acids is 1. The van der Waals surface area contributed by atoms with Crippen LogP contribution in [0.15, 0.2) is 6.07 Å². The van der Waals surface area contributed by atoms with E-state index in [0.717, 1.165) is 7.05 Å². The Morgan fingerprint density at radius 3 is 2.38 bits per heavy atom. The smallest absolute Gasteiger partial charge is 0.410 e. The average molecular weight is 244 g/mol. The van der Waals surface area contributed by atoms with Crippen molar-refractivity contribution in [1.29, 1.82) is 0 Å². The van der Waals surface area contributed by atoms with Crippen LogP contribution in [0.1, 0.15) is 5.69 Å². The molecule has 0 aliphatic heterocycles. The van der Waals surface area contributed by atoms with Crippen molar-refractivity contribution < 1.29 is 31.5 Å². The summed E-state index contributed by atoms with van der Waals surface area (Å²) in [5.41, 5.74) is -1.53. The highest BCUT2D eigenvalue weighted by Crippen LogP contribution is 2.43. The molecular weight excluding hydrogens is 239 g/mol. The van der Waals surface area contributed by atoms with E-state index in [1.165, 1.54) is 0 Å². The Labute approximate surface area is 85.6 Å². The Bertz CT molecular complexity index is 398. The number of rotatable bonds is 3. The molecule has 0 aliphatic rings. The standard InChI is InChI=1S/C7H5F5N2O2/c1-14-5(16-3-15)2-4(13-14)6(8,9)7(10,11)12/h2-3H,1H3. The molecule has 90 valence electrons. The summed E-state index contributed by atoms with van der Waals surface area (Å²) in [6.45, 7) is -0.105. The minimum Gasteiger partial charge on any atom is -0.410 e. The second-order valence-electron chi connectivity index (χ2n) is 2.78. The van der Waals surface area contributed by atoms with Gasteiger partial charge in [0.15, 0.2) is 0 Å². The third-order valence-corrected chi connectivity index (χ3v) is 1.68. The van der Waals surface area contributed by atoms with Crippen molar-refractivity contribution in [2.24, 2.45) is 7.05 Å². The van der Waals surface area contributed by atoms with E-state index in [4.69, 9.17) is 0 Å². The second-order valence-corrected chi connectivity index (χ2v) is 2.78. The van der Waals surface area contributed by atoms with Gasteiger partial charge in [0.25, 0.3) is 6.47 Å². The topological polar surface area (TPSA) is 44.1 Å². The van der Waals surface area contributed by atoms with E-state index in [0.29, 0.717) is 10.7 Å². The molecule has 1 heterocycles. The van der Waals surface area contributed by atoms with Crippen LogP contribution in [-0.2, 0) is 17.8 Å². The third kappa shape index (κ3) is 1.97. The first-order valence-corrected chi connectivity index (χ1v) is 3.79. The van der Waals surface area contributed by atoms with Crippen LogP contribution in [-0.4, -0.2) is 22.4 Å². The van der Waals surface area contributed by atoms with Gasteiger partial charge in [-0.05, 0) is 0 Å². The maximum absolute atomic E-state index is 12.8.